The Kier molecular flexibility index (Phi) is 5.34. The van der Waals surface area contributed by atoms with Crippen molar-refractivity contribution in [1.29, 1.82) is 0 Å². The van der Waals surface area contributed by atoms with E-state index in [0.717, 1.165) is 22.3 Å². The molecule has 1 unspecified atom stereocenters. The van der Waals surface area contributed by atoms with Crippen LogP contribution in [0.25, 0.3) is 10.1 Å². The van der Waals surface area contributed by atoms with E-state index in [2.05, 4.69) is 11.9 Å². The molecule has 0 spiro atoms. The number of pyridine rings is 1. The summed E-state index contributed by atoms with van der Waals surface area (Å²) in [5.74, 6) is 0.838. The minimum Gasteiger partial charge on any atom is -0.497 e. The van der Waals surface area contributed by atoms with Gasteiger partial charge in [0.25, 0.3) is 5.91 Å². The third-order valence-electron chi connectivity index (χ3n) is 4.39. The van der Waals surface area contributed by atoms with Gasteiger partial charge in [0.15, 0.2) is 0 Å². The number of rotatable bonds is 6. The molecule has 0 N–H and O–H groups in total. The molecule has 25 heavy (non-hydrogen) atoms. The molecule has 3 aromatic rings. The summed E-state index contributed by atoms with van der Waals surface area (Å²) in [6.45, 7) is 4.75. The lowest BCUT2D eigenvalue weighted by atomic mass is 10.1. The molecule has 0 bridgehead atoms. The summed E-state index contributed by atoms with van der Waals surface area (Å²) in [5.41, 5.74) is 1.73. The van der Waals surface area contributed by atoms with Gasteiger partial charge in [0.2, 0.25) is 0 Å². The van der Waals surface area contributed by atoms with Gasteiger partial charge < -0.3 is 9.64 Å². The summed E-state index contributed by atoms with van der Waals surface area (Å²) in [6.07, 6.45) is 2.51. The highest BCUT2D eigenvalue weighted by Crippen LogP contribution is 2.25. The number of hydrogen-bond donors (Lipinski definition) is 0. The summed E-state index contributed by atoms with van der Waals surface area (Å²) in [7, 11) is 1.66. The van der Waals surface area contributed by atoms with Crippen molar-refractivity contribution < 1.29 is 9.53 Å². The fourth-order valence-corrected chi connectivity index (χ4v) is 3.92. The summed E-state index contributed by atoms with van der Waals surface area (Å²) in [6, 6.07) is 12.1. The molecule has 0 fully saturated rings. The van der Waals surface area contributed by atoms with Gasteiger partial charge in [-0.25, -0.2) is 4.98 Å². The number of hydrogen-bond acceptors (Lipinski definition) is 4. The first kappa shape index (κ1) is 17.4. The first-order chi connectivity index (χ1) is 12.1. The van der Waals surface area contributed by atoms with E-state index in [1.165, 1.54) is 5.56 Å². The highest BCUT2D eigenvalue weighted by atomic mass is 32.1. The van der Waals surface area contributed by atoms with Crippen LogP contribution < -0.4 is 4.74 Å². The van der Waals surface area contributed by atoms with Crippen molar-refractivity contribution >= 4 is 27.3 Å². The Balaban J connectivity index is 1.80. The van der Waals surface area contributed by atoms with Gasteiger partial charge in [-0.15, -0.1) is 11.3 Å². The lowest BCUT2D eigenvalue weighted by Gasteiger charge is -2.28. The van der Waals surface area contributed by atoms with Crippen molar-refractivity contribution in [2.75, 3.05) is 13.7 Å². The highest BCUT2D eigenvalue weighted by Gasteiger charge is 2.23. The molecule has 0 saturated carbocycles. The average Bonchev–Trinajstić information content (AvgIpc) is 3.11. The van der Waals surface area contributed by atoms with Gasteiger partial charge in [0.05, 0.1) is 11.8 Å². The molecule has 3 rings (SSSR count). The zero-order chi connectivity index (χ0) is 17.8. The van der Waals surface area contributed by atoms with E-state index in [-0.39, 0.29) is 11.9 Å². The molecular formula is C20H22N2O2S. The number of likely N-dealkylation sites (N-methyl/N-ethyl adjacent to an activating group) is 1. The molecule has 130 valence electrons. The Labute approximate surface area is 152 Å². The Hall–Kier alpha value is -2.40. The number of amides is 1. The molecule has 0 aliphatic rings. The van der Waals surface area contributed by atoms with Gasteiger partial charge in [-0.05, 0) is 60.9 Å². The minimum atomic E-state index is -0.00318. The number of benzene rings is 1. The second-order valence-electron chi connectivity index (χ2n) is 5.99. The van der Waals surface area contributed by atoms with E-state index >= 15 is 0 Å². The van der Waals surface area contributed by atoms with Gasteiger partial charge in [-0.1, -0.05) is 12.1 Å². The van der Waals surface area contributed by atoms with Crippen molar-refractivity contribution in [3.05, 3.63) is 59.2 Å². The number of nitrogens with zero attached hydrogens (tertiary/aromatic N) is 2. The maximum atomic E-state index is 13.1. The topological polar surface area (TPSA) is 42.4 Å². The van der Waals surface area contributed by atoms with Crippen LogP contribution in [0.5, 0.6) is 5.75 Å². The third kappa shape index (κ3) is 3.66. The van der Waals surface area contributed by atoms with Gasteiger partial charge in [-0.2, -0.15) is 0 Å². The fraction of sp³-hybridized carbons (Fsp3) is 0.300. The van der Waals surface area contributed by atoms with Crippen LogP contribution in [-0.4, -0.2) is 35.5 Å². The summed E-state index contributed by atoms with van der Waals surface area (Å²) < 4.78 is 6.16. The zero-order valence-electron chi connectivity index (χ0n) is 14.7. The lowest BCUT2D eigenvalue weighted by molar-refractivity contribution is 0.0700. The summed E-state index contributed by atoms with van der Waals surface area (Å²) in [4.78, 5) is 19.3. The van der Waals surface area contributed by atoms with Crippen LogP contribution in [0, 0.1) is 0 Å². The van der Waals surface area contributed by atoms with Gasteiger partial charge in [0.1, 0.15) is 11.4 Å². The van der Waals surface area contributed by atoms with Gasteiger partial charge >= 0.3 is 0 Å². The molecular weight excluding hydrogens is 332 g/mol. The minimum absolute atomic E-state index is 0.00318. The third-order valence-corrected chi connectivity index (χ3v) is 5.33. The maximum Gasteiger partial charge on any atom is 0.274 e. The molecule has 2 heterocycles. The predicted octanol–water partition coefficient (Wildman–Crippen LogP) is 4.40. The number of fused-ring (bicyclic) bond motifs is 1. The van der Waals surface area contributed by atoms with E-state index in [1.807, 2.05) is 53.6 Å². The van der Waals surface area contributed by atoms with E-state index in [0.29, 0.717) is 12.2 Å². The molecule has 1 amide bonds. The standard InChI is InChI=1S/C20H22N2O2S/c1-4-22(14(2)13-15-5-7-17(24-3)8-6-15)20(23)18-19-16(9-11-21-18)10-12-25-19/h5-12,14H,4,13H2,1-3H3. The van der Waals surface area contributed by atoms with Crippen molar-refractivity contribution in [3.8, 4) is 5.75 Å². The number of thiophene rings is 1. The zero-order valence-corrected chi connectivity index (χ0v) is 15.5. The Bertz CT molecular complexity index is 858. The molecule has 0 aliphatic heterocycles. The second kappa shape index (κ2) is 7.66. The Morgan fingerprint density at radius 3 is 2.68 bits per heavy atom. The number of aromatic nitrogens is 1. The smallest absolute Gasteiger partial charge is 0.274 e. The monoisotopic (exact) mass is 354 g/mol. The Morgan fingerprint density at radius 1 is 1.24 bits per heavy atom. The molecule has 0 saturated heterocycles. The van der Waals surface area contributed by atoms with Crippen LogP contribution >= 0.6 is 11.3 Å². The molecule has 4 nitrogen and oxygen atoms in total. The number of ether oxygens (including phenoxy) is 1. The van der Waals surface area contributed by atoms with Crippen molar-refractivity contribution in [1.82, 2.24) is 9.88 Å². The first-order valence-corrected chi connectivity index (χ1v) is 9.28. The first-order valence-electron chi connectivity index (χ1n) is 8.40. The van der Waals surface area contributed by atoms with Gasteiger partial charge in [-0.3, -0.25) is 4.79 Å². The van der Waals surface area contributed by atoms with Crippen LogP contribution in [0.1, 0.15) is 29.9 Å². The molecule has 1 aromatic carbocycles. The van der Waals surface area contributed by atoms with Crippen LogP contribution in [-0.2, 0) is 6.42 Å². The van der Waals surface area contributed by atoms with E-state index in [9.17, 15) is 4.79 Å². The van der Waals surface area contributed by atoms with Crippen LogP contribution in [0.3, 0.4) is 0 Å². The number of methoxy groups -OCH3 is 1. The largest absolute Gasteiger partial charge is 0.497 e. The second-order valence-corrected chi connectivity index (χ2v) is 6.91. The SMILES string of the molecule is CCN(C(=O)c1nccc2ccsc12)C(C)Cc1ccc(OC)cc1. The lowest BCUT2D eigenvalue weighted by Crippen LogP contribution is -2.40. The van der Waals surface area contributed by atoms with Crippen LogP contribution in [0.4, 0.5) is 0 Å². The maximum absolute atomic E-state index is 13.1. The highest BCUT2D eigenvalue weighted by molar-refractivity contribution is 7.17. The van der Waals surface area contributed by atoms with Gasteiger partial charge in [0, 0.05) is 18.8 Å². The normalized spacial score (nSPS) is 12.1. The molecule has 1 atom stereocenters. The predicted molar refractivity (Wildman–Crippen MR) is 102 cm³/mol. The quantitative estimate of drug-likeness (QED) is 0.659. The van der Waals surface area contributed by atoms with Crippen LogP contribution in [0.15, 0.2) is 48.0 Å². The fourth-order valence-electron chi connectivity index (χ4n) is 3.05. The Morgan fingerprint density at radius 2 is 2.00 bits per heavy atom. The molecule has 2 aromatic heterocycles. The van der Waals surface area contributed by atoms with Crippen LogP contribution in [0.2, 0.25) is 0 Å². The van der Waals surface area contributed by atoms with E-state index in [4.69, 9.17) is 4.74 Å². The van der Waals surface area contributed by atoms with E-state index in [1.54, 1.807) is 24.6 Å². The average molecular weight is 354 g/mol. The molecule has 0 aliphatic carbocycles. The van der Waals surface area contributed by atoms with Crippen molar-refractivity contribution in [3.63, 3.8) is 0 Å². The molecule has 5 heteroatoms. The summed E-state index contributed by atoms with van der Waals surface area (Å²) in [5, 5.41) is 3.07. The number of carbonyl (C=O) groups is 1. The number of carbonyl (C=O) groups excluding carboxylic acids is 1. The van der Waals surface area contributed by atoms with E-state index < -0.39 is 0 Å². The molecule has 0 radical (unpaired) electrons. The summed E-state index contributed by atoms with van der Waals surface area (Å²) >= 11 is 1.57. The van der Waals surface area contributed by atoms with Crippen molar-refractivity contribution in [2.45, 2.75) is 26.3 Å². The van der Waals surface area contributed by atoms with Crippen molar-refractivity contribution in [2.24, 2.45) is 0 Å².